The average Bonchev–Trinajstić information content (AvgIpc) is 2.94. The summed E-state index contributed by atoms with van der Waals surface area (Å²) in [7, 11) is -2.33. The van der Waals surface area contributed by atoms with Crippen LogP contribution in [0.5, 0.6) is 0 Å². The third-order valence-electron chi connectivity index (χ3n) is 3.97. The van der Waals surface area contributed by atoms with Crippen molar-refractivity contribution in [1.29, 1.82) is 0 Å². The molecule has 3 heterocycles. The number of hydrogen-bond donors (Lipinski definition) is 0. The van der Waals surface area contributed by atoms with Crippen molar-refractivity contribution in [1.82, 2.24) is 20.2 Å². The van der Waals surface area contributed by atoms with Crippen LogP contribution in [0.25, 0.3) is 0 Å². The molecular weight excluding hydrogens is 340 g/mol. The maximum atomic E-state index is 12.4. The van der Waals surface area contributed by atoms with E-state index in [4.69, 9.17) is 14.2 Å². The van der Waals surface area contributed by atoms with Gasteiger partial charge in [-0.25, -0.2) is 13.1 Å². The van der Waals surface area contributed by atoms with Gasteiger partial charge in [-0.15, -0.1) is 0 Å². The normalized spacial score (nSPS) is 28.5. The Balaban J connectivity index is 1.63. The minimum Gasteiger partial charge on any atom is -0.461 e. The molecule has 24 heavy (non-hydrogen) atoms. The Morgan fingerprint density at radius 3 is 2.88 bits per heavy atom. The number of nitrogens with zero attached hydrogens (tertiary/aromatic N) is 4. The first-order valence-electron chi connectivity index (χ1n) is 7.86. The Morgan fingerprint density at radius 1 is 1.38 bits per heavy atom. The molecule has 134 valence electrons. The first kappa shape index (κ1) is 17.2. The van der Waals surface area contributed by atoms with Crippen LogP contribution in [0.4, 0.5) is 0 Å². The van der Waals surface area contributed by atoms with Crippen molar-refractivity contribution >= 4 is 15.8 Å². The molecule has 2 aliphatic rings. The lowest BCUT2D eigenvalue weighted by Crippen LogP contribution is -2.40. The van der Waals surface area contributed by atoms with Crippen LogP contribution in [0.1, 0.15) is 32.1 Å². The highest BCUT2D eigenvalue weighted by molar-refractivity contribution is 7.91. The van der Waals surface area contributed by atoms with Crippen molar-refractivity contribution in [3.8, 4) is 0 Å². The lowest BCUT2D eigenvalue weighted by Gasteiger charge is -2.32. The lowest BCUT2D eigenvalue weighted by atomic mass is 10.1. The molecule has 2 fully saturated rings. The summed E-state index contributed by atoms with van der Waals surface area (Å²) in [5, 5.41) is 10.1. The number of esters is 1. The van der Waals surface area contributed by atoms with Crippen LogP contribution in [0.15, 0.2) is 5.16 Å². The summed E-state index contributed by atoms with van der Waals surface area (Å²) in [6, 6.07) is 0. The Labute approximate surface area is 139 Å². The van der Waals surface area contributed by atoms with Gasteiger partial charge in [0.25, 0.3) is 5.16 Å². The molecule has 2 aliphatic heterocycles. The van der Waals surface area contributed by atoms with Gasteiger partial charge in [0.15, 0.2) is 6.29 Å². The summed E-state index contributed by atoms with van der Waals surface area (Å²) in [6.07, 6.45) is 1.65. The van der Waals surface area contributed by atoms with Crippen molar-refractivity contribution in [2.24, 2.45) is 7.05 Å². The van der Waals surface area contributed by atoms with Gasteiger partial charge in [0, 0.05) is 20.1 Å². The molecule has 0 amide bonds. The van der Waals surface area contributed by atoms with Crippen LogP contribution >= 0.6 is 0 Å². The second-order valence-corrected chi connectivity index (χ2v) is 7.90. The molecule has 0 aliphatic carbocycles. The highest BCUT2D eigenvalue weighted by Gasteiger charge is 2.36. The lowest BCUT2D eigenvalue weighted by molar-refractivity contribution is -0.207. The fourth-order valence-electron chi connectivity index (χ4n) is 2.89. The summed E-state index contributed by atoms with van der Waals surface area (Å²) >= 11 is 0. The minimum absolute atomic E-state index is 0.0991. The molecule has 0 spiro atoms. The number of ether oxygens (including phenoxy) is 3. The second-order valence-electron chi connectivity index (χ2n) is 5.97. The molecule has 11 heteroatoms. The monoisotopic (exact) mass is 360 g/mol. The van der Waals surface area contributed by atoms with E-state index >= 15 is 0 Å². The van der Waals surface area contributed by atoms with Crippen LogP contribution in [0.3, 0.4) is 0 Å². The molecule has 1 aromatic rings. The first-order chi connectivity index (χ1) is 11.4. The molecule has 0 N–H and O–H groups in total. The predicted molar refractivity (Wildman–Crippen MR) is 78.4 cm³/mol. The number of hydrogen-bond acceptors (Lipinski definition) is 9. The molecule has 1 aromatic heterocycles. The quantitative estimate of drug-likeness (QED) is 0.645. The number of sulfone groups is 1. The van der Waals surface area contributed by atoms with Gasteiger partial charge in [-0.05, 0) is 29.7 Å². The van der Waals surface area contributed by atoms with Crippen LogP contribution in [0, 0.1) is 0 Å². The van der Waals surface area contributed by atoms with Gasteiger partial charge in [0.05, 0.1) is 18.3 Å². The Hall–Kier alpha value is -1.59. The largest absolute Gasteiger partial charge is 0.461 e. The number of carbonyl (C=O) groups excluding carboxylic acids is 1. The van der Waals surface area contributed by atoms with Crippen molar-refractivity contribution in [2.45, 2.75) is 55.8 Å². The van der Waals surface area contributed by atoms with Gasteiger partial charge < -0.3 is 14.2 Å². The number of aromatic nitrogens is 4. The van der Waals surface area contributed by atoms with E-state index in [0.29, 0.717) is 13.0 Å². The van der Waals surface area contributed by atoms with E-state index in [0.717, 1.165) is 23.9 Å². The summed E-state index contributed by atoms with van der Waals surface area (Å²) < 4.78 is 42.3. The van der Waals surface area contributed by atoms with E-state index in [1.165, 1.54) is 7.05 Å². The van der Waals surface area contributed by atoms with Gasteiger partial charge in [-0.1, -0.05) is 5.10 Å². The fourth-order valence-corrected chi connectivity index (χ4v) is 4.33. The average molecular weight is 360 g/mol. The SMILES string of the molecule is Cn1nnnc1S(=O)(=O)CC1CC(OC2CCCCO2)CC(=O)O1. The van der Waals surface area contributed by atoms with Crippen LogP contribution in [-0.4, -0.2) is 65.5 Å². The highest BCUT2D eigenvalue weighted by Crippen LogP contribution is 2.24. The van der Waals surface area contributed by atoms with E-state index in [9.17, 15) is 13.2 Å². The third-order valence-corrected chi connectivity index (χ3v) is 5.68. The zero-order valence-electron chi connectivity index (χ0n) is 13.3. The molecule has 0 radical (unpaired) electrons. The summed E-state index contributed by atoms with van der Waals surface area (Å²) in [5.41, 5.74) is 0. The fraction of sp³-hybridized carbons (Fsp3) is 0.846. The molecule has 3 unspecified atom stereocenters. The Bertz CT molecular complexity index is 684. The van der Waals surface area contributed by atoms with Crippen molar-refractivity contribution in [3.63, 3.8) is 0 Å². The van der Waals surface area contributed by atoms with Crippen LogP contribution in [-0.2, 0) is 35.9 Å². The van der Waals surface area contributed by atoms with Crippen molar-refractivity contribution in [2.75, 3.05) is 12.4 Å². The summed E-state index contributed by atoms with van der Waals surface area (Å²) in [4.78, 5) is 11.8. The van der Waals surface area contributed by atoms with Gasteiger partial charge in [-0.2, -0.15) is 0 Å². The number of cyclic esters (lactones) is 1. The van der Waals surface area contributed by atoms with Gasteiger partial charge in [-0.3, -0.25) is 4.79 Å². The van der Waals surface area contributed by atoms with E-state index in [1.807, 2.05) is 0 Å². The van der Waals surface area contributed by atoms with Crippen LogP contribution < -0.4 is 0 Å². The predicted octanol–water partition coefficient (Wildman–Crippen LogP) is -0.399. The Morgan fingerprint density at radius 2 is 2.21 bits per heavy atom. The Kier molecular flexibility index (Phi) is 5.11. The third kappa shape index (κ3) is 4.08. The van der Waals surface area contributed by atoms with Crippen molar-refractivity contribution < 1.29 is 27.4 Å². The molecule has 3 atom stereocenters. The maximum Gasteiger partial charge on any atom is 0.308 e. The van der Waals surface area contributed by atoms with Crippen LogP contribution in [0.2, 0.25) is 0 Å². The molecule has 10 nitrogen and oxygen atoms in total. The number of aryl methyl sites for hydroxylation is 1. The number of rotatable bonds is 5. The zero-order valence-corrected chi connectivity index (χ0v) is 14.1. The molecule has 0 aromatic carbocycles. The molecule has 0 bridgehead atoms. The molecule has 3 rings (SSSR count). The summed E-state index contributed by atoms with van der Waals surface area (Å²) in [6.45, 7) is 0.638. The highest BCUT2D eigenvalue weighted by atomic mass is 32.2. The smallest absolute Gasteiger partial charge is 0.308 e. The van der Waals surface area contributed by atoms with Gasteiger partial charge in [0.1, 0.15) is 6.10 Å². The topological polar surface area (TPSA) is 123 Å². The minimum atomic E-state index is -3.76. The van der Waals surface area contributed by atoms with E-state index in [1.54, 1.807) is 0 Å². The van der Waals surface area contributed by atoms with Gasteiger partial charge >= 0.3 is 5.97 Å². The van der Waals surface area contributed by atoms with Gasteiger partial charge in [0.2, 0.25) is 9.84 Å². The zero-order chi connectivity index (χ0) is 17.2. The van der Waals surface area contributed by atoms with E-state index < -0.39 is 28.0 Å². The summed E-state index contributed by atoms with van der Waals surface area (Å²) in [5.74, 6) is -0.850. The maximum absolute atomic E-state index is 12.4. The molecule has 0 saturated carbocycles. The molecular formula is C13H20N4O6S. The first-order valence-corrected chi connectivity index (χ1v) is 9.51. The standard InChI is InChI=1S/C13H20N4O6S/c1-17-13(14-15-16-17)24(19,20)8-10-6-9(7-11(18)22-10)23-12-4-2-3-5-21-12/h9-10,12H,2-8H2,1H3. The van der Waals surface area contributed by atoms with Crippen molar-refractivity contribution in [3.05, 3.63) is 0 Å². The molecule has 2 saturated heterocycles. The number of tetrazole rings is 1. The van der Waals surface area contributed by atoms with E-state index in [-0.39, 0.29) is 23.6 Å². The number of carbonyl (C=O) groups is 1. The van der Waals surface area contributed by atoms with E-state index in [2.05, 4.69) is 15.5 Å². The second kappa shape index (κ2) is 7.11.